The fourth-order valence-corrected chi connectivity index (χ4v) is 2.01. The number of Topliss-reactive ketones (excluding diaryl/α,β-unsaturated/α-hetero) is 1. The molecule has 0 heterocycles. The molecule has 2 aliphatic carbocycles. The maximum Gasteiger partial charge on any atom is 0.144 e. The van der Waals surface area contributed by atoms with Crippen molar-refractivity contribution in [2.75, 3.05) is 0 Å². The van der Waals surface area contributed by atoms with Gasteiger partial charge in [-0.25, -0.2) is 0 Å². The van der Waals surface area contributed by atoms with Crippen molar-refractivity contribution >= 4 is 5.78 Å². The van der Waals surface area contributed by atoms with E-state index in [9.17, 15) is 4.79 Å². The monoisotopic (exact) mass is 147 g/mol. The summed E-state index contributed by atoms with van der Waals surface area (Å²) in [5.74, 6) is 0.528. The third-order valence-electron chi connectivity index (χ3n) is 2.68. The standard InChI is InChI=1S/C9H9NO/c10-5-7-2-1-6-3-4-8(7)9(6)11/h2,6,8H,1,3-4H2. The molecule has 2 bridgehead atoms. The lowest BCUT2D eigenvalue weighted by molar-refractivity contribution is -0.123. The Morgan fingerprint density at radius 3 is 3.09 bits per heavy atom. The van der Waals surface area contributed by atoms with Crippen LogP contribution in [0.15, 0.2) is 11.6 Å². The Balaban J connectivity index is 2.36. The highest BCUT2D eigenvalue weighted by atomic mass is 16.1. The van der Waals surface area contributed by atoms with Crippen LogP contribution in [-0.4, -0.2) is 5.78 Å². The van der Waals surface area contributed by atoms with Gasteiger partial charge in [0.15, 0.2) is 0 Å². The molecule has 0 amide bonds. The Kier molecular flexibility index (Phi) is 1.32. The van der Waals surface area contributed by atoms with Crippen molar-refractivity contribution in [1.82, 2.24) is 0 Å². The van der Waals surface area contributed by atoms with Crippen molar-refractivity contribution in [3.05, 3.63) is 11.6 Å². The van der Waals surface area contributed by atoms with Crippen LogP contribution < -0.4 is 0 Å². The number of hydrogen-bond acceptors (Lipinski definition) is 2. The van der Waals surface area contributed by atoms with Gasteiger partial charge < -0.3 is 0 Å². The topological polar surface area (TPSA) is 40.9 Å². The van der Waals surface area contributed by atoms with Crippen LogP contribution in [0.3, 0.4) is 0 Å². The fraction of sp³-hybridized carbons (Fsp3) is 0.556. The predicted octanol–water partition coefficient (Wildman–Crippen LogP) is 1.44. The SMILES string of the molecule is N#CC1=CCC2CCC1C2=O. The van der Waals surface area contributed by atoms with Gasteiger partial charge in [0.1, 0.15) is 5.78 Å². The summed E-state index contributed by atoms with van der Waals surface area (Å²) in [7, 11) is 0. The minimum absolute atomic E-state index is 0.0289. The molecule has 2 aliphatic rings. The number of nitriles is 1. The lowest BCUT2D eigenvalue weighted by atomic mass is 9.88. The van der Waals surface area contributed by atoms with Gasteiger partial charge in [-0.05, 0) is 19.3 Å². The second-order valence-electron chi connectivity index (χ2n) is 3.24. The molecule has 11 heavy (non-hydrogen) atoms. The Morgan fingerprint density at radius 2 is 2.36 bits per heavy atom. The molecule has 1 saturated carbocycles. The van der Waals surface area contributed by atoms with Crippen molar-refractivity contribution in [3.8, 4) is 6.07 Å². The normalized spacial score (nSPS) is 34.8. The first-order chi connectivity index (χ1) is 5.33. The zero-order valence-corrected chi connectivity index (χ0v) is 6.21. The van der Waals surface area contributed by atoms with Gasteiger partial charge in [0.2, 0.25) is 0 Å². The largest absolute Gasteiger partial charge is 0.299 e. The number of hydrogen-bond donors (Lipinski definition) is 0. The van der Waals surface area contributed by atoms with E-state index in [0.29, 0.717) is 11.4 Å². The summed E-state index contributed by atoms with van der Waals surface area (Å²) in [6.07, 6.45) is 4.63. The molecule has 2 rings (SSSR count). The molecule has 2 unspecified atom stereocenters. The lowest BCUT2D eigenvalue weighted by Crippen LogP contribution is -2.19. The molecule has 0 aromatic heterocycles. The van der Waals surface area contributed by atoms with Gasteiger partial charge in [0, 0.05) is 11.5 Å². The van der Waals surface area contributed by atoms with Crippen molar-refractivity contribution in [1.29, 1.82) is 5.26 Å². The molecule has 2 nitrogen and oxygen atoms in total. The van der Waals surface area contributed by atoms with Gasteiger partial charge in [0.05, 0.1) is 12.0 Å². The molecule has 0 N–H and O–H groups in total. The van der Waals surface area contributed by atoms with Crippen LogP contribution in [0, 0.1) is 23.2 Å². The van der Waals surface area contributed by atoms with E-state index in [4.69, 9.17) is 5.26 Å². The Morgan fingerprint density at radius 1 is 1.55 bits per heavy atom. The molecule has 1 fully saturated rings. The third-order valence-corrected chi connectivity index (χ3v) is 2.68. The maximum atomic E-state index is 11.4. The van der Waals surface area contributed by atoms with Crippen LogP contribution in [0.2, 0.25) is 0 Å². The van der Waals surface area contributed by atoms with Gasteiger partial charge in [-0.3, -0.25) is 4.79 Å². The summed E-state index contributed by atoms with van der Waals surface area (Å²) in [6, 6.07) is 2.10. The first-order valence-corrected chi connectivity index (χ1v) is 3.97. The Labute approximate surface area is 65.5 Å². The van der Waals surface area contributed by atoms with E-state index >= 15 is 0 Å². The van der Waals surface area contributed by atoms with Crippen molar-refractivity contribution in [2.24, 2.45) is 11.8 Å². The summed E-state index contributed by atoms with van der Waals surface area (Å²) in [5.41, 5.74) is 0.712. The number of ketones is 1. The number of carbonyl (C=O) groups excluding carboxylic acids is 1. The van der Waals surface area contributed by atoms with Crippen molar-refractivity contribution < 1.29 is 4.79 Å². The van der Waals surface area contributed by atoms with Gasteiger partial charge in [-0.15, -0.1) is 0 Å². The molecular formula is C9H9NO. The maximum absolute atomic E-state index is 11.4. The number of nitrogens with zero attached hydrogens (tertiary/aromatic N) is 1. The molecule has 0 aromatic rings. The molecule has 0 aromatic carbocycles. The number of carbonyl (C=O) groups is 1. The Hall–Kier alpha value is -1.10. The highest BCUT2D eigenvalue weighted by molar-refractivity contribution is 5.90. The third kappa shape index (κ3) is 0.808. The second kappa shape index (κ2) is 2.20. The summed E-state index contributed by atoms with van der Waals surface area (Å²) in [4.78, 5) is 11.4. The van der Waals surface area contributed by atoms with Crippen LogP contribution in [-0.2, 0) is 4.79 Å². The molecular weight excluding hydrogens is 138 g/mol. The quantitative estimate of drug-likeness (QED) is 0.520. The highest BCUT2D eigenvalue weighted by Crippen LogP contribution is 2.38. The lowest BCUT2D eigenvalue weighted by Gasteiger charge is -2.13. The van der Waals surface area contributed by atoms with E-state index in [2.05, 4.69) is 6.07 Å². The zero-order valence-electron chi connectivity index (χ0n) is 6.21. The van der Waals surface area contributed by atoms with Crippen LogP contribution in [0.4, 0.5) is 0 Å². The summed E-state index contributed by atoms with van der Waals surface area (Å²) in [5, 5.41) is 8.66. The van der Waals surface area contributed by atoms with Crippen LogP contribution >= 0.6 is 0 Å². The smallest absolute Gasteiger partial charge is 0.144 e. The van der Waals surface area contributed by atoms with Crippen LogP contribution in [0.1, 0.15) is 19.3 Å². The summed E-state index contributed by atoms with van der Waals surface area (Å²) in [6.45, 7) is 0. The molecule has 2 atom stereocenters. The number of rotatable bonds is 0. The van der Waals surface area contributed by atoms with Gasteiger partial charge in [-0.1, -0.05) is 6.08 Å². The van der Waals surface area contributed by atoms with Gasteiger partial charge >= 0.3 is 0 Å². The number of allylic oxidation sites excluding steroid dienone is 2. The van der Waals surface area contributed by atoms with Gasteiger partial charge in [-0.2, -0.15) is 5.26 Å². The Bertz CT molecular complexity index is 272. The predicted molar refractivity (Wildman–Crippen MR) is 39.5 cm³/mol. The number of fused-ring (bicyclic) bond motifs is 2. The molecule has 56 valence electrons. The minimum atomic E-state index is -0.0289. The van der Waals surface area contributed by atoms with E-state index in [-0.39, 0.29) is 11.8 Å². The van der Waals surface area contributed by atoms with E-state index < -0.39 is 0 Å². The molecule has 0 radical (unpaired) electrons. The van der Waals surface area contributed by atoms with Crippen molar-refractivity contribution in [2.45, 2.75) is 19.3 Å². The average Bonchev–Trinajstić information content (AvgIpc) is 2.31. The van der Waals surface area contributed by atoms with Gasteiger partial charge in [0.25, 0.3) is 0 Å². The van der Waals surface area contributed by atoms with E-state index in [0.717, 1.165) is 19.3 Å². The molecule has 0 saturated heterocycles. The van der Waals surface area contributed by atoms with Crippen LogP contribution in [0.25, 0.3) is 0 Å². The molecule has 0 aliphatic heterocycles. The zero-order chi connectivity index (χ0) is 7.84. The second-order valence-corrected chi connectivity index (χ2v) is 3.24. The summed E-state index contributed by atoms with van der Waals surface area (Å²) >= 11 is 0. The molecule has 2 heteroatoms. The van der Waals surface area contributed by atoms with Crippen LogP contribution in [0.5, 0.6) is 0 Å². The minimum Gasteiger partial charge on any atom is -0.299 e. The summed E-state index contributed by atoms with van der Waals surface area (Å²) < 4.78 is 0. The first-order valence-electron chi connectivity index (χ1n) is 3.97. The highest BCUT2D eigenvalue weighted by Gasteiger charge is 2.38. The first kappa shape index (κ1) is 6.60. The van der Waals surface area contributed by atoms with Crippen molar-refractivity contribution in [3.63, 3.8) is 0 Å². The van der Waals surface area contributed by atoms with E-state index in [1.807, 2.05) is 6.08 Å². The average molecular weight is 147 g/mol. The van der Waals surface area contributed by atoms with E-state index in [1.165, 1.54) is 0 Å². The molecule has 0 spiro atoms. The van der Waals surface area contributed by atoms with E-state index in [1.54, 1.807) is 0 Å². The fourth-order valence-electron chi connectivity index (χ4n) is 2.01.